The zero-order valence-electron chi connectivity index (χ0n) is 18.5. The number of anilines is 2. The van der Waals surface area contributed by atoms with Gasteiger partial charge in [0.15, 0.2) is 6.04 Å². The summed E-state index contributed by atoms with van der Waals surface area (Å²) >= 11 is 5.81. The molecule has 186 valence electrons. The lowest BCUT2D eigenvalue weighted by Gasteiger charge is -2.30. The van der Waals surface area contributed by atoms with Crippen molar-refractivity contribution in [1.82, 2.24) is 9.55 Å². The topological polar surface area (TPSA) is 87.5 Å². The van der Waals surface area contributed by atoms with E-state index in [0.717, 1.165) is 37.5 Å². The molecule has 0 spiro atoms. The first-order valence-electron chi connectivity index (χ1n) is 10.8. The molecule has 0 bridgehead atoms. The van der Waals surface area contributed by atoms with Crippen LogP contribution < -0.4 is 15.8 Å². The van der Waals surface area contributed by atoms with Crippen LogP contribution in [0.1, 0.15) is 41.2 Å². The van der Waals surface area contributed by atoms with E-state index in [1.54, 1.807) is 0 Å². The number of nitrogens with one attached hydrogen (secondary N) is 1. The molecule has 4 rings (SSSR count). The average molecular weight is 513 g/mol. The van der Waals surface area contributed by atoms with Gasteiger partial charge >= 0.3 is 12.1 Å². The fraction of sp³-hybridized carbons (Fsp3) is 0.348. The molecule has 1 unspecified atom stereocenters. The van der Waals surface area contributed by atoms with Crippen molar-refractivity contribution in [1.29, 1.82) is 0 Å². The van der Waals surface area contributed by atoms with Gasteiger partial charge < -0.3 is 15.3 Å². The second-order valence-electron chi connectivity index (χ2n) is 8.33. The van der Waals surface area contributed by atoms with Crippen LogP contribution in [0.25, 0.3) is 10.9 Å². The van der Waals surface area contributed by atoms with E-state index >= 15 is 0 Å². The van der Waals surface area contributed by atoms with Crippen molar-refractivity contribution in [3.8, 4) is 0 Å². The predicted molar refractivity (Wildman–Crippen MR) is 124 cm³/mol. The van der Waals surface area contributed by atoms with E-state index in [-0.39, 0.29) is 27.6 Å². The van der Waals surface area contributed by atoms with E-state index < -0.39 is 40.7 Å². The summed E-state index contributed by atoms with van der Waals surface area (Å²) in [7, 11) is 1.44. The fourth-order valence-electron chi connectivity index (χ4n) is 4.26. The van der Waals surface area contributed by atoms with Gasteiger partial charge in [0.05, 0.1) is 16.5 Å². The summed E-state index contributed by atoms with van der Waals surface area (Å²) in [6, 6.07) is 2.29. The molecule has 0 amide bonds. The maximum absolute atomic E-state index is 14.5. The van der Waals surface area contributed by atoms with Gasteiger partial charge in [0.2, 0.25) is 5.95 Å². The predicted octanol–water partition coefficient (Wildman–Crippen LogP) is 5.13. The molecular formula is C23H21ClF4N4O3. The number of rotatable bonds is 5. The minimum absolute atomic E-state index is 0.0176. The van der Waals surface area contributed by atoms with Gasteiger partial charge in [-0.2, -0.15) is 13.2 Å². The smallest absolute Gasteiger partial charge is 0.412 e. The first-order chi connectivity index (χ1) is 16.5. The van der Waals surface area contributed by atoms with E-state index in [1.807, 2.05) is 4.90 Å². The normalized spacial score (nSPS) is 15.3. The van der Waals surface area contributed by atoms with Crippen LogP contribution in [0.3, 0.4) is 0 Å². The van der Waals surface area contributed by atoms with Crippen LogP contribution in [0.5, 0.6) is 0 Å². The highest BCUT2D eigenvalue weighted by molar-refractivity contribution is 6.31. The third-order valence-electron chi connectivity index (χ3n) is 5.94. The minimum atomic E-state index is -5.00. The van der Waals surface area contributed by atoms with Crippen molar-refractivity contribution in [2.24, 2.45) is 7.05 Å². The van der Waals surface area contributed by atoms with Gasteiger partial charge in [-0.3, -0.25) is 9.36 Å². The number of aromatic carboxylic acids is 1. The molecule has 2 heterocycles. The van der Waals surface area contributed by atoms with Gasteiger partial charge in [0.25, 0.3) is 5.56 Å². The van der Waals surface area contributed by atoms with Crippen LogP contribution in [0.15, 0.2) is 35.1 Å². The number of halogens is 5. The number of hydrogen-bond acceptors (Lipinski definition) is 5. The van der Waals surface area contributed by atoms with E-state index in [1.165, 1.54) is 17.7 Å². The fourth-order valence-corrected chi connectivity index (χ4v) is 4.43. The van der Waals surface area contributed by atoms with Crippen LogP contribution >= 0.6 is 11.6 Å². The quantitative estimate of drug-likeness (QED) is 0.461. The number of carboxylic acids is 1. The molecule has 35 heavy (non-hydrogen) atoms. The summed E-state index contributed by atoms with van der Waals surface area (Å²) in [6.45, 7) is 1.16. The molecule has 0 radical (unpaired) electrons. The Morgan fingerprint density at radius 1 is 1.17 bits per heavy atom. The van der Waals surface area contributed by atoms with Gasteiger partial charge in [0, 0.05) is 36.4 Å². The molecule has 0 aliphatic carbocycles. The summed E-state index contributed by atoms with van der Waals surface area (Å²) in [4.78, 5) is 30.9. The van der Waals surface area contributed by atoms with Crippen molar-refractivity contribution in [2.75, 3.05) is 23.3 Å². The van der Waals surface area contributed by atoms with E-state index in [9.17, 15) is 32.3 Å². The molecule has 2 N–H and O–H groups in total. The monoisotopic (exact) mass is 512 g/mol. The molecule has 1 fully saturated rings. The summed E-state index contributed by atoms with van der Waals surface area (Å²) in [5.74, 6) is -2.36. The molecule has 12 heteroatoms. The molecule has 1 saturated heterocycles. The molecule has 0 saturated carbocycles. The summed E-state index contributed by atoms with van der Waals surface area (Å²) in [6.07, 6.45) is -2.33. The summed E-state index contributed by atoms with van der Waals surface area (Å²) < 4.78 is 58.7. The highest BCUT2D eigenvalue weighted by Crippen LogP contribution is 2.39. The Hall–Kier alpha value is -3.34. The van der Waals surface area contributed by atoms with Crippen molar-refractivity contribution in [3.05, 3.63) is 62.7 Å². The van der Waals surface area contributed by atoms with Crippen LogP contribution in [-0.2, 0) is 7.05 Å². The molecular weight excluding hydrogens is 492 g/mol. The van der Waals surface area contributed by atoms with Crippen LogP contribution in [-0.4, -0.2) is 39.9 Å². The lowest BCUT2D eigenvalue weighted by Crippen LogP contribution is -2.36. The summed E-state index contributed by atoms with van der Waals surface area (Å²) in [5, 5.41) is 11.3. The van der Waals surface area contributed by atoms with Gasteiger partial charge in [-0.05, 0) is 49.6 Å². The Kier molecular flexibility index (Phi) is 6.63. The van der Waals surface area contributed by atoms with Crippen LogP contribution in [0, 0.1) is 5.82 Å². The molecule has 1 aromatic heterocycles. The number of fused-ring (bicyclic) bond motifs is 1. The van der Waals surface area contributed by atoms with Gasteiger partial charge in [-0.15, -0.1) is 0 Å². The number of piperidine rings is 1. The number of carboxylic acid groups (broad SMARTS) is 1. The first kappa shape index (κ1) is 24.8. The third-order valence-corrected chi connectivity index (χ3v) is 6.18. The van der Waals surface area contributed by atoms with Crippen molar-refractivity contribution >= 4 is 40.1 Å². The van der Waals surface area contributed by atoms with Gasteiger partial charge in [-0.25, -0.2) is 14.2 Å². The Labute approximate surface area is 201 Å². The van der Waals surface area contributed by atoms with Crippen LogP contribution in [0.2, 0.25) is 5.02 Å². The maximum Gasteiger partial charge on any atom is 0.412 e. The number of nitrogens with zero attached hydrogens (tertiary/aromatic N) is 3. The van der Waals surface area contributed by atoms with Crippen LogP contribution in [0.4, 0.5) is 29.2 Å². The molecule has 7 nitrogen and oxygen atoms in total. The van der Waals surface area contributed by atoms with Gasteiger partial charge in [0.1, 0.15) is 5.82 Å². The molecule has 1 atom stereocenters. The highest BCUT2D eigenvalue weighted by atomic mass is 35.5. The maximum atomic E-state index is 14.5. The number of alkyl halides is 3. The molecule has 2 aromatic carbocycles. The van der Waals surface area contributed by atoms with Crippen molar-refractivity contribution in [2.45, 2.75) is 31.5 Å². The zero-order valence-corrected chi connectivity index (χ0v) is 19.3. The zero-order chi connectivity index (χ0) is 25.5. The molecule has 1 aliphatic heterocycles. The second-order valence-corrected chi connectivity index (χ2v) is 8.77. The first-order valence-corrected chi connectivity index (χ1v) is 11.2. The highest BCUT2D eigenvalue weighted by Gasteiger charge is 2.43. The Bertz CT molecular complexity index is 1350. The average Bonchev–Trinajstić information content (AvgIpc) is 2.80. The minimum Gasteiger partial charge on any atom is -0.478 e. The van der Waals surface area contributed by atoms with Crippen molar-refractivity contribution < 1.29 is 27.5 Å². The van der Waals surface area contributed by atoms with Crippen molar-refractivity contribution in [3.63, 3.8) is 0 Å². The van der Waals surface area contributed by atoms with E-state index in [0.29, 0.717) is 19.2 Å². The Morgan fingerprint density at radius 2 is 1.86 bits per heavy atom. The number of aromatic nitrogens is 2. The number of benzene rings is 2. The van der Waals surface area contributed by atoms with Gasteiger partial charge in [-0.1, -0.05) is 11.6 Å². The lowest BCUT2D eigenvalue weighted by molar-refractivity contribution is -0.143. The number of hydrogen-bond donors (Lipinski definition) is 2. The SMILES string of the molecule is Cn1c(N2CCCCC2)nc2c(C(Nc3ccc(Cl)cc3C(=O)O)C(F)(F)F)cc(F)cc2c1=O. The summed E-state index contributed by atoms with van der Waals surface area (Å²) in [5.41, 5.74) is -2.49. The third kappa shape index (κ3) is 4.90. The lowest BCUT2D eigenvalue weighted by atomic mass is 10.0. The van der Waals surface area contributed by atoms with E-state index in [2.05, 4.69) is 10.3 Å². The second kappa shape index (κ2) is 9.37. The van der Waals surface area contributed by atoms with E-state index in [4.69, 9.17) is 11.6 Å². The Balaban J connectivity index is 1.94. The molecule has 3 aromatic rings. The largest absolute Gasteiger partial charge is 0.478 e. The Morgan fingerprint density at radius 3 is 2.49 bits per heavy atom. The standard InChI is InChI=1S/C23H21ClF4N4O3/c1-31-20(33)16-11-13(25)10-15(18(16)30-22(31)32-7-3-2-4-8-32)19(23(26,27)28)29-17-6-5-12(24)9-14(17)21(34)35/h5-6,9-11,19,29H,2-4,7-8H2,1H3,(H,34,35). The number of carbonyl (C=O) groups is 1. The molecule has 1 aliphatic rings.